The molecule has 2 aliphatic rings. The molecule has 1 fully saturated rings. The van der Waals surface area contributed by atoms with E-state index in [1.165, 1.54) is 37.7 Å². The zero-order valence-corrected chi connectivity index (χ0v) is 15.0. The quantitative estimate of drug-likeness (QED) is 0.836. The molecule has 25 heavy (non-hydrogen) atoms. The molecule has 134 valence electrons. The van der Waals surface area contributed by atoms with Gasteiger partial charge in [-0.3, -0.25) is 4.90 Å². The maximum atomic E-state index is 5.56. The zero-order chi connectivity index (χ0) is 17.1. The molecule has 0 N–H and O–H groups in total. The average molecular weight is 341 g/mol. The van der Waals surface area contributed by atoms with E-state index in [-0.39, 0.29) is 0 Å². The molecule has 6 heteroatoms. The van der Waals surface area contributed by atoms with Crippen LogP contribution in [-0.4, -0.2) is 38.3 Å². The fourth-order valence-corrected chi connectivity index (χ4v) is 4.34. The molecule has 0 spiro atoms. The molecular formula is C19H27N5O. The van der Waals surface area contributed by atoms with Crippen molar-refractivity contribution in [1.82, 2.24) is 25.1 Å². The summed E-state index contributed by atoms with van der Waals surface area (Å²) in [5.41, 5.74) is 1.32. The van der Waals surface area contributed by atoms with Crippen molar-refractivity contribution in [2.45, 2.75) is 58.2 Å². The molecule has 1 aromatic heterocycles. The van der Waals surface area contributed by atoms with Gasteiger partial charge in [0.25, 0.3) is 0 Å². The van der Waals surface area contributed by atoms with Crippen molar-refractivity contribution in [2.75, 3.05) is 13.2 Å². The van der Waals surface area contributed by atoms with Gasteiger partial charge < -0.3 is 4.74 Å². The van der Waals surface area contributed by atoms with Crippen molar-refractivity contribution in [1.29, 1.82) is 0 Å². The van der Waals surface area contributed by atoms with E-state index >= 15 is 0 Å². The molecule has 1 atom stereocenters. The molecule has 1 saturated carbocycles. The zero-order valence-electron chi connectivity index (χ0n) is 15.0. The molecule has 0 amide bonds. The predicted molar refractivity (Wildman–Crippen MR) is 95.2 cm³/mol. The van der Waals surface area contributed by atoms with Gasteiger partial charge in [0.05, 0.1) is 19.2 Å². The van der Waals surface area contributed by atoms with E-state index in [0.29, 0.717) is 18.6 Å². The maximum absolute atomic E-state index is 5.56. The molecule has 2 aromatic rings. The Morgan fingerprint density at radius 3 is 2.64 bits per heavy atom. The number of nitrogens with zero attached hydrogens (tertiary/aromatic N) is 5. The lowest BCUT2D eigenvalue weighted by Crippen LogP contribution is -2.42. The van der Waals surface area contributed by atoms with Crippen LogP contribution in [-0.2, 0) is 13.1 Å². The Kier molecular flexibility index (Phi) is 4.97. The summed E-state index contributed by atoms with van der Waals surface area (Å²) in [4.78, 5) is 2.58. The predicted octanol–water partition coefficient (Wildman–Crippen LogP) is 3.21. The first-order valence-corrected chi connectivity index (χ1v) is 9.57. The smallest absolute Gasteiger partial charge is 0.168 e. The van der Waals surface area contributed by atoms with Crippen molar-refractivity contribution >= 4 is 0 Å². The summed E-state index contributed by atoms with van der Waals surface area (Å²) in [5, 5.41) is 12.5. The van der Waals surface area contributed by atoms with Gasteiger partial charge in [-0.05, 0) is 53.8 Å². The number of benzene rings is 1. The Bertz CT molecular complexity index is 677. The molecule has 1 aliphatic heterocycles. The first-order valence-electron chi connectivity index (χ1n) is 9.57. The first kappa shape index (κ1) is 16.5. The van der Waals surface area contributed by atoms with E-state index in [4.69, 9.17) is 4.74 Å². The molecule has 0 radical (unpaired) electrons. The molecule has 6 nitrogen and oxygen atoms in total. The minimum absolute atomic E-state index is 0.343. The van der Waals surface area contributed by atoms with Crippen LogP contribution in [0.1, 0.15) is 56.5 Å². The Morgan fingerprint density at radius 1 is 1.08 bits per heavy atom. The standard InChI is InChI=1S/C19H27N5O/c1-2-25-17-10-8-15(9-11-17)14-23-12-13-24-19(20-21-22-24)18(23)16-6-4-3-5-7-16/h8-11,16,18H,2-7,12-14H2,1H3. The van der Waals surface area contributed by atoms with Crippen molar-refractivity contribution < 1.29 is 4.74 Å². The fourth-order valence-electron chi connectivity index (χ4n) is 4.34. The van der Waals surface area contributed by atoms with Crippen molar-refractivity contribution in [3.63, 3.8) is 0 Å². The molecule has 1 aliphatic carbocycles. The highest BCUT2D eigenvalue weighted by atomic mass is 16.5. The Hall–Kier alpha value is -1.95. The highest BCUT2D eigenvalue weighted by Gasteiger charge is 2.36. The SMILES string of the molecule is CCOc1ccc(CN2CCn3nnnc3C2C2CCCCC2)cc1. The second-order valence-electron chi connectivity index (χ2n) is 7.15. The van der Waals surface area contributed by atoms with E-state index in [9.17, 15) is 0 Å². The van der Waals surface area contributed by atoms with Gasteiger partial charge in [0, 0.05) is 13.1 Å². The summed E-state index contributed by atoms with van der Waals surface area (Å²) in [6.45, 7) is 5.55. The summed E-state index contributed by atoms with van der Waals surface area (Å²) in [6, 6.07) is 8.85. The topological polar surface area (TPSA) is 56.1 Å². The third-order valence-corrected chi connectivity index (χ3v) is 5.53. The highest BCUT2D eigenvalue weighted by Crippen LogP contribution is 2.39. The van der Waals surface area contributed by atoms with Gasteiger partial charge in [-0.1, -0.05) is 31.4 Å². The Labute approximate surface area is 149 Å². The van der Waals surface area contributed by atoms with Gasteiger partial charge in [0.2, 0.25) is 0 Å². The first-order chi connectivity index (χ1) is 12.3. The van der Waals surface area contributed by atoms with Gasteiger partial charge in [0.1, 0.15) is 5.75 Å². The summed E-state index contributed by atoms with van der Waals surface area (Å²) >= 11 is 0. The van der Waals surface area contributed by atoms with Crippen LogP contribution >= 0.6 is 0 Å². The number of fused-ring (bicyclic) bond motifs is 1. The minimum Gasteiger partial charge on any atom is -0.494 e. The highest BCUT2D eigenvalue weighted by molar-refractivity contribution is 5.27. The third-order valence-electron chi connectivity index (χ3n) is 5.53. The summed E-state index contributed by atoms with van der Waals surface area (Å²) < 4.78 is 7.57. The summed E-state index contributed by atoms with van der Waals surface area (Å²) in [7, 11) is 0. The molecule has 0 saturated heterocycles. The van der Waals surface area contributed by atoms with Crippen molar-refractivity contribution in [3.05, 3.63) is 35.7 Å². The molecule has 0 bridgehead atoms. The lowest BCUT2D eigenvalue weighted by molar-refractivity contribution is 0.0731. The normalized spacial score (nSPS) is 21.9. The Balaban J connectivity index is 1.54. The third kappa shape index (κ3) is 3.54. The van der Waals surface area contributed by atoms with Gasteiger partial charge in [0.15, 0.2) is 5.82 Å². The summed E-state index contributed by atoms with van der Waals surface area (Å²) in [5.74, 6) is 2.67. The van der Waals surface area contributed by atoms with E-state index in [1.807, 2.05) is 11.6 Å². The van der Waals surface area contributed by atoms with Crippen LogP contribution in [0.3, 0.4) is 0 Å². The number of aromatic nitrogens is 4. The second-order valence-corrected chi connectivity index (χ2v) is 7.15. The van der Waals surface area contributed by atoms with Gasteiger partial charge >= 0.3 is 0 Å². The molecule has 1 aromatic carbocycles. The second kappa shape index (κ2) is 7.52. The number of hydrogen-bond donors (Lipinski definition) is 0. The van der Waals surface area contributed by atoms with Gasteiger partial charge in [-0.15, -0.1) is 5.10 Å². The Morgan fingerprint density at radius 2 is 1.88 bits per heavy atom. The largest absolute Gasteiger partial charge is 0.494 e. The average Bonchev–Trinajstić information content (AvgIpc) is 3.13. The number of ether oxygens (including phenoxy) is 1. The van der Waals surface area contributed by atoms with E-state index in [1.54, 1.807) is 0 Å². The molecule has 2 heterocycles. The van der Waals surface area contributed by atoms with Crippen LogP contribution in [0.15, 0.2) is 24.3 Å². The van der Waals surface area contributed by atoms with E-state index in [0.717, 1.165) is 31.2 Å². The van der Waals surface area contributed by atoms with Crippen molar-refractivity contribution in [3.8, 4) is 5.75 Å². The molecular weight excluding hydrogens is 314 g/mol. The lowest BCUT2D eigenvalue weighted by Gasteiger charge is -2.40. The van der Waals surface area contributed by atoms with Gasteiger partial charge in [-0.2, -0.15) is 0 Å². The number of tetrazole rings is 1. The summed E-state index contributed by atoms with van der Waals surface area (Å²) in [6.07, 6.45) is 6.61. The van der Waals surface area contributed by atoms with Gasteiger partial charge in [-0.25, -0.2) is 4.68 Å². The number of hydrogen-bond acceptors (Lipinski definition) is 5. The van der Waals surface area contributed by atoms with Crippen LogP contribution in [0.5, 0.6) is 5.75 Å². The number of rotatable bonds is 5. The van der Waals surface area contributed by atoms with Crippen molar-refractivity contribution in [2.24, 2.45) is 5.92 Å². The van der Waals surface area contributed by atoms with Crippen LogP contribution in [0.2, 0.25) is 0 Å². The van der Waals surface area contributed by atoms with E-state index in [2.05, 4.69) is 44.7 Å². The van der Waals surface area contributed by atoms with Crippen LogP contribution in [0, 0.1) is 5.92 Å². The maximum Gasteiger partial charge on any atom is 0.168 e. The monoisotopic (exact) mass is 341 g/mol. The molecule has 4 rings (SSSR count). The molecule has 1 unspecified atom stereocenters. The van der Waals surface area contributed by atoms with Crippen LogP contribution in [0.4, 0.5) is 0 Å². The van der Waals surface area contributed by atoms with E-state index < -0.39 is 0 Å². The van der Waals surface area contributed by atoms with Crippen LogP contribution in [0.25, 0.3) is 0 Å². The van der Waals surface area contributed by atoms with Crippen LogP contribution < -0.4 is 4.74 Å². The lowest BCUT2D eigenvalue weighted by atomic mass is 9.82. The minimum atomic E-state index is 0.343. The fraction of sp³-hybridized carbons (Fsp3) is 0.632.